The fraction of sp³-hybridized carbons (Fsp3) is 0.0909. The molecule has 0 aliphatic carbocycles. The van der Waals surface area contributed by atoms with E-state index in [4.69, 9.17) is 5.11 Å². The number of aromatic nitrogens is 1. The van der Waals surface area contributed by atoms with Crippen LogP contribution in [0.2, 0.25) is 0 Å². The minimum atomic E-state index is -1.70. The second-order valence-corrected chi connectivity index (χ2v) is 3.45. The van der Waals surface area contributed by atoms with Crippen molar-refractivity contribution in [3.63, 3.8) is 0 Å². The molecule has 1 aromatic heterocycles. The van der Waals surface area contributed by atoms with Crippen LogP contribution in [0.1, 0.15) is 10.5 Å². The summed E-state index contributed by atoms with van der Waals surface area (Å²) >= 11 is 0. The molecule has 0 aliphatic heterocycles. The molecule has 2 aromatic rings. The molecule has 2 rings (SSSR count). The van der Waals surface area contributed by atoms with Crippen molar-refractivity contribution in [1.29, 1.82) is 0 Å². The molecule has 0 fully saturated rings. The summed E-state index contributed by atoms with van der Waals surface area (Å²) in [5.41, 5.74) is -0.735. The minimum absolute atomic E-state index is 0.257. The molecule has 0 amide bonds. The quantitative estimate of drug-likeness (QED) is 0.869. The number of carboxylic acids is 1. The molecular formula is C11H6F3NO4. The van der Waals surface area contributed by atoms with Crippen molar-refractivity contribution < 1.29 is 32.3 Å². The summed E-state index contributed by atoms with van der Waals surface area (Å²) in [6, 6.07) is 1.57. The average molecular weight is 273 g/mol. The van der Waals surface area contributed by atoms with Gasteiger partial charge in [0.25, 0.3) is 0 Å². The van der Waals surface area contributed by atoms with Crippen molar-refractivity contribution in [2.45, 2.75) is 0 Å². The van der Waals surface area contributed by atoms with Crippen LogP contribution in [0.25, 0.3) is 11.3 Å². The summed E-state index contributed by atoms with van der Waals surface area (Å²) in [6.07, 6.45) is 0. The van der Waals surface area contributed by atoms with Crippen LogP contribution in [0.4, 0.5) is 13.2 Å². The van der Waals surface area contributed by atoms with Crippen molar-refractivity contribution in [3.05, 3.63) is 35.3 Å². The molecule has 100 valence electrons. The monoisotopic (exact) mass is 273 g/mol. The van der Waals surface area contributed by atoms with Crippen molar-refractivity contribution >= 4 is 5.97 Å². The lowest BCUT2D eigenvalue weighted by Gasteiger charge is -2.07. The van der Waals surface area contributed by atoms with Gasteiger partial charge in [-0.05, 0) is 6.07 Å². The minimum Gasteiger partial charge on any atom is -0.493 e. The summed E-state index contributed by atoms with van der Waals surface area (Å²) in [6.45, 7) is 0. The van der Waals surface area contributed by atoms with Gasteiger partial charge in [-0.2, -0.15) is 4.39 Å². The van der Waals surface area contributed by atoms with Gasteiger partial charge in [0.1, 0.15) is 0 Å². The highest BCUT2D eigenvalue weighted by Gasteiger charge is 2.23. The zero-order valence-corrected chi connectivity index (χ0v) is 9.41. The van der Waals surface area contributed by atoms with E-state index < -0.39 is 34.9 Å². The smallest absolute Gasteiger partial charge is 0.358 e. The summed E-state index contributed by atoms with van der Waals surface area (Å²) in [7, 11) is 1.05. The van der Waals surface area contributed by atoms with Crippen LogP contribution in [0.5, 0.6) is 5.75 Å². The third-order valence-corrected chi connectivity index (χ3v) is 2.32. The highest BCUT2D eigenvalue weighted by Crippen LogP contribution is 2.35. The number of carbonyl (C=O) groups is 1. The van der Waals surface area contributed by atoms with Gasteiger partial charge in [0, 0.05) is 6.07 Å². The van der Waals surface area contributed by atoms with Gasteiger partial charge in [-0.15, -0.1) is 0 Å². The molecule has 0 spiro atoms. The number of hydrogen-bond acceptors (Lipinski definition) is 4. The molecule has 0 radical (unpaired) electrons. The molecule has 1 aromatic carbocycles. The lowest BCUT2D eigenvalue weighted by atomic mass is 10.1. The first-order valence-corrected chi connectivity index (χ1v) is 4.87. The molecule has 0 saturated carbocycles. The number of nitrogens with zero attached hydrogens (tertiary/aromatic N) is 1. The predicted molar refractivity (Wildman–Crippen MR) is 55.3 cm³/mol. The topological polar surface area (TPSA) is 72.6 Å². The Morgan fingerprint density at radius 3 is 2.53 bits per heavy atom. The van der Waals surface area contributed by atoms with Gasteiger partial charge in [0.05, 0.1) is 12.7 Å². The first kappa shape index (κ1) is 12.9. The Labute approximate surface area is 104 Å². The molecule has 19 heavy (non-hydrogen) atoms. The maximum atomic E-state index is 13.5. The summed E-state index contributed by atoms with van der Waals surface area (Å²) in [5, 5.41) is 11.8. The van der Waals surface area contributed by atoms with Crippen molar-refractivity contribution in [3.8, 4) is 17.1 Å². The zero-order chi connectivity index (χ0) is 14.2. The Morgan fingerprint density at radius 2 is 2.00 bits per heavy atom. The largest absolute Gasteiger partial charge is 0.493 e. The van der Waals surface area contributed by atoms with Gasteiger partial charge in [-0.3, -0.25) is 0 Å². The number of benzene rings is 1. The third-order valence-electron chi connectivity index (χ3n) is 2.32. The lowest BCUT2D eigenvalue weighted by Crippen LogP contribution is -1.98. The van der Waals surface area contributed by atoms with Crippen LogP contribution in [0.3, 0.4) is 0 Å². The van der Waals surface area contributed by atoms with E-state index in [-0.39, 0.29) is 11.3 Å². The van der Waals surface area contributed by atoms with E-state index in [9.17, 15) is 18.0 Å². The first-order chi connectivity index (χ1) is 8.95. The Bertz CT molecular complexity index is 654. The molecule has 0 bridgehead atoms. The van der Waals surface area contributed by atoms with Crippen LogP contribution >= 0.6 is 0 Å². The third kappa shape index (κ3) is 2.12. The molecule has 0 unspecified atom stereocenters. The molecule has 0 aliphatic rings. The number of aromatic carboxylic acids is 1. The molecular weight excluding hydrogens is 267 g/mol. The van der Waals surface area contributed by atoms with Gasteiger partial charge < -0.3 is 14.4 Å². The Kier molecular flexibility index (Phi) is 3.16. The highest BCUT2D eigenvalue weighted by atomic mass is 19.2. The molecule has 0 saturated heterocycles. The van der Waals surface area contributed by atoms with E-state index in [0.29, 0.717) is 6.07 Å². The lowest BCUT2D eigenvalue weighted by molar-refractivity contribution is 0.0686. The van der Waals surface area contributed by atoms with E-state index >= 15 is 0 Å². The number of ether oxygens (including phenoxy) is 1. The number of carboxylic acid groups (broad SMARTS) is 1. The predicted octanol–water partition coefficient (Wildman–Crippen LogP) is 2.47. The molecule has 1 N–H and O–H groups in total. The molecule has 0 atom stereocenters. The fourth-order valence-electron chi connectivity index (χ4n) is 1.46. The Balaban J connectivity index is 2.63. The number of halogens is 3. The SMILES string of the molecule is COc1c(-c2cc(C(=O)O)no2)cc(F)c(F)c1F. The second kappa shape index (κ2) is 4.63. The summed E-state index contributed by atoms with van der Waals surface area (Å²) in [4.78, 5) is 10.6. The van der Waals surface area contributed by atoms with E-state index in [1.54, 1.807) is 0 Å². The van der Waals surface area contributed by atoms with Crippen molar-refractivity contribution in [2.24, 2.45) is 0 Å². The first-order valence-electron chi connectivity index (χ1n) is 4.87. The van der Waals surface area contributed by atoms with Crippen molar-refractivity contribution in [2.75, 3.05) is 7.11 Å². The standard InChI is InChI=1S/C11H6F3NO4/c1-18-10-4(2-5(12)8(13)9(10)14)7-3-6(11(16)17)15-19-7/h2-3H,1H3,(H,16,17). The second-order valence-electron chi connectivity index (χ2n) is 3.45. The van der Waals surface area contributed by atoms with Crippen LogP contribution < -0.4 is 4.74 Å². The summed E-state index contributed by atoms with van der Waals surface area (Å²) in [5.74, 6) is -6.93. The van der Waals surface area contributed by atoms with E-state index in [1.807, 2.05) is 0 Å². The average Bonchev–Trinajstić information content (AvgIpc) is 2.85. The van der Waals surface area contributed by atoms with Crippen LogP contribution in [-0.2, 0) is 0 Å². The van der Waals surface area contributed by atoms with Gasteiger partial charge in [0.15, 0.2) is 28.8 Å². The molecule has 8 heteroatoms. The van der Waals surface area contributed by atoms with Gasteiger partial charge in [0.2, 0.25) is 5.82 Å². The number of hydrogen-bond donors (Lipinski definition) is 1. The van der Waals surface area contributed by atoms with Crippen molar-refractivity contribution in [1.82, 2.24) is 5.16 Å². The number of rotatable bonds is 3. The maximum Gasteiger partial charge on any atom is 0.358 e. The fourth-order valence-corrected chi connectivity index (χ4v) is 1.46. The maximum absolute atomic E-state index is 13.5. The van der Waals surface area contributed by atoms with Gasteiger partial charge in [-0.1, -0.05) is 5.16 Å². The van der Waals surface area contributed by atoms with E-state index in [2.05, 4.69) is 14.4 Å². The Hall–Kier alpha value is -2.51. The van der Waals surface area contributed by atoms with E-state index in [1.165, 1.54) is 0 Å². The molecule has 5 nitrogen and oxygen atoms in total. The highest BCUT2D eigenvalue weighted by molar-refractivity contribution is 5.86. The van der Waals surface area contributed by atoms with Gasteiger partial charge in [-0.25, -0.2) is 13.6 Å². The van der Waals surface area contributed by atoms with Crippen LogP contribution in [0, 0.1) is 17.5 Å². The Morgan fingerprint density at radius 1 is 1.32 bits per heavy atom. The summed E-state index contributed by atoms with van der Waals surface area (Å²) < 4.78 is 48.9. The molecule has 1 heterocycles. The van der Waals surface area contributed by atoms with Gasteiger partial charge >= 0.3 is 5.97 Å². The normalized spacial score (nSPS) is 10.5. The van der Waals surface area contributed by atoms with Crippen LogP contribution in [0.15, 0.2) is 16.7 Å². The van der Waals surface area contributed by atoms with Crippen LogP contribution in [-0.4, -0.2) is 23.3 Å². The van der Waals surface area contributed by atoms with E-state index in [0.717, 1.165) is 13.2 Å². The number of methoxy groups -OCH3 is 1. The zero-order valence-electron chi connectivity index (χ0n) is 9.41.